The molecule has 0 saturated heterocycles. The van der Waals surface area contributed by atoms with Crippen molar-refractivity contribution in [1.82, 2.24) is 10.2 Å². The molecule has 2 amide bonds. The SMILES string of the molecule is CC[C@@H](NC(=O)[C@@H](N)CC(=O)O)C(=O)N(COC)Cc1ccc(O)cc1. The molecule has 0 saturated carbocycles. The number of carboxylic acids is 1. The lowest BCUT2D eigenvalue weighted by molar-refractivity contribution is -0.142. The van der Waals surface area contributed by atoms with Gasteiger partial charge in [-0.1, -0.05) is 19.1 Å². The van der Waals surface area contributed by atoms with Crippen molar-refractivity contribution in [2.24, 2.45) is 5.73 Å². The van der Waals surface area contributed by atoms with Crippen molar-refractivity contribution in [1.29, 1.82) is 0 Å². The first-order valence-electron chi connectivity index (χ1n) is 8.11. The van der Waals surface area contributed by atoms with Gasteiger partial charge in [-0.2, -0.15) is 0 Å². The van der Waals surface area contributed by atoms with E-state index < -0.39 is 30.4 Å². The first-order chi connectivity index (χ1) is 12.3. The minimum atomic E-state index is -1.23. The van der Waals surface area contributed by atoms with Gasteiger partial charge in [0.2, 0.25) is 11.8 Å². The second kappa shape index (κ2) is 10.4. The number of aromatic hydroxyl groups is 1. The molecule has 0 aliphatic carbocycles. The minimum absolute atomic E-state index is 0.00720. The summed E-state index contributed by atoms with van der Waals surface area (Å²) < 4.78 is 5.06. The fraction of sp³-hybridized carbons (Fsp3) is 0.471. The summed E-state index contributed by atoms with van der Waals surface area (Å²) in [4.78, 5) is 36.8. The first kappa shape index (κ1) is 21.4. The van der Waals surface area contributed by atoms with E-state index in [1.54, 1.807) is 19.1 Å². The molecular formula is C17H25N3O6. The van der Waals surface area contributed by atoms with Crippen molar-refractivity contribution >= 4 is 17.8 Å². The zero-order valence-corrected chi connectivity index (χ0v) is 14.8. The third-order valence-electron chi connectivity index (χ3n) is 3.66. The van der Waals surface area contributed by atoms with Gasteiger partial charge < -0.3 is 30.9 Å². The summed E-state index contributed by atoms with van der Waals surface area (Å²) in [6, 6.07) is 4.28. The number of nitrogens with two attached hydrogens (primary N) is 1. The monoisotopic (exact) mass is 367 g/mol. The van der Waals surface area contributed by atoms with Crippen molar-refractivity contribution in [3.63, 3.8) is 0 Å². The fourth-order valence-corrected chi connectivity index (χ4v) is 2.28. The number of rotatable bonds is 10. The number of hydrogen-bond donors (Lipinski definition) is 4. The molecule has 0 fully saturated rings. The van der Waals surface area contributed by atoms with Crippen LogP contribution in [0, 0.1) is 0 Å². The highest BCUT2D eigenvalue weighted by Crippen LogP contribution is 2.13. The number of carboxylic acid groups (broad SMARTS) is 1. The number of nitrogens with zero attached hydrogens (tertiary/aromatic N) is 1. The van der Waals surface area contributed by atoms with E-state index >= 15 is 0 Å². The van der Waals surface area contributed by atoms with E-state index in [0.29, 0.717) is 6.42 Å². The van der Waals surface area contributed by atoms with Crippen LogP contribution in [-0.4, -0.2) is 58.8 Å². The predicted octanol–water partition coefficient (Wildman–Crippen LogP) is 0.0215. The number of carbonyl (C=O) groups is 3. The van der Waals surface area contributed by atoms with Crippen LogP contribution in [0.15, 0.2) is 24.3 Å². The molecule has 1 rings (SSSR count). The molecule has 5 N–H and O–H groups in total. The van der Waals surface area contributed by atoms with Gasteiger partial charge in [0, 0.05) is 13.7 Å². The smallest absolute Gasteiger partial charge is 0.305 e. The largest absolute Gasteiger partial charge is 0.508 e. The molecule has 0 aliphatic rings. The lowest BCUT2D eigenvalue weighted by atomic mass is 10.1. The molecule has 26 heavy (non-hydrogen) atoms. The molecule has 0 radical (unpaired) electrons. The molecule has 0 unspecified atom stereocenters. The molecule has 1 aromatic rings. The molecule has 9 nitrogen and oxygen atoms in total. The van der Waals surface area contributed by atoms with Crippen LogP contribution in [0.4, 0.5) is 0 Å². The van der Waals surface area contributed by atoms with E-state index in [4.69, 9.17) is 15.6 Å². The molecule has 1 aromatic carbocycles. The number of nitrogens with one attached hydrogen (secondary N) is 1. The van der Waals surface area contributed by atoms with Crippen LogP contribution in [0.25, 0.3) is 0 Å². The highest BCUT2D eigenvalue weighted by molar-refractivity contribution is 5.91. The Kier molecular flexibility index (Phi) is 8.53. The maximum absolute atomic E-state index is 12.7. The Morgan fingerprint density at radius 3 is 2.38 bits per heavy atom. The van der Waals surface area contributed by atoms with Gasteiger partial charge in [0.05, 0.1) is 12.5 Å². The topological polar surface area (TPSA) is 142 Å². The van der Waals surface area contributed by atoms with Gasteiger partial charge in [0.1, 0.15) is 18.5 Å². The minimum Gasteiger partial charge on any atom is -0.508 e. The van der Waals surface area contributed by atoms with E-state index in [1.165, 1.54) is 24.1 Å². The number of phenolic OH excluding ortho intramolecular Hbond substituents is 1. The summed E-state index contributed by atoms with van der Waals surface area (Å²) in [5.74, 6) is -2.15. The number of methoxy groups -OCH3 is 1. The Hall–Kier alpha value is -2.65. The normalized spacial score (nSPS) is 12.9. The van der Waals surface area contributed by atoms with Gasteiger partial charge in [-0.15, -0.1) is 0 Å². The standard InChI is InChI=1S/C17H25N3O6/c1-3-14(19-16(24)13(18)8-15(22)23)17(25)20(10-26-2)9-11-4-6-12(21)7-5-11/h4-7,13-14,21H,3,8-10,18H2,1-2H3,(H,19,24)(H,22,23)/t13-,14+/m0/s1. The average Bonchev–Trinajstić information content (AvgIpc) is 2.59. The van der Waals surface area contributed by atoms with Crippen LogP contribution in [0.5, 0.6) is 5.75 Å². The number of phenols is 1. The number of hydrogen-bond acceptors (Lipinski definition) is 6. The molecule has 2 atom stereocenters. The van der Waals surface area contributed by atoms with Crippen LogP contribution in [0.3, 0.4) is 0 Å². The highest BCUT2D eigenvalue weighted by Gasteiger charge is 2.27. The number of aliphatic carboxylic acids is 1. The van der Waals surface area contributed by atoms with Gasteiger partial charge >= 0.3 is 5.97 Å². The Balaban J connectivity index is 2.81. The Labute approximate surface area is 151 Å². The van der Waals surface area contributed by atoms with Gasteiger partial charge in [0.25, 0.3) is 0 Å². The van der Waals surface area contributed by atoms with E-state index in [0.717, 1.165) is 5.56 Å². The van der Waals surface area contributed by atoms with E-state index in [2.05, 4.69) is 5.32 Å². The van der Waals surface area contributed by atoms with Crippen LogP contribution in [-0.2, 0) is 25.7 Å². The molecule has 0 spiro atoms. The van der Waals surface area contributed by atoms with Crippen LogP contribution >= 0.6 is 0 Å². The van der Waals surface area contributed by atoms with Crippen molar-refractivity contribution in [3.05, 3.63) is 29.8 Å². The Morgan fingerprint density at radius 2 is 1.88 bits per heavy atom. The summed E-state index contributed by atoms with van der Waals surface area (Å²) in [6.07, 6.45) is -0.216. The average molecular weight is 367 g/mol. The molecule has 0 aliphatic heterocycles. The molecule has 0 aromatic heterocycles. The van der Waals surface area contributed by atoms with E-state index in [1.807, 2.05) is 0 Å². The van der Waals surface area contributed by atoms with Crippen molar-refractivity contribution in [2.45, 2.75) is 38.4 Å². The Bertz CT molecular complexity index is 619. The maximum Gasteiger partial charge on any atom is 0.305 e. The van der Waals surface area contributed by atoms with Crippen molar-refractivity contribution in [2.75, 3.05) is 13.8 Å². The molecule has 0 bridgehead atoms. The number of carbonyl (C=O) groups excluding carboxylic acids is 2. The van der Waals surface area contributed by atoms with Gasteiger partial charge in [-0.05, 0) is 24.1 Å². The summed E-state index contributed by atoms with van der Waals surface area (Å²) in [5.41, 5.74) is 6.30. The van der Waals surface area contributed by atoms with Gasteiger partial charge in [0.15, 0.2) is 0 Å². The second-order valence-electron chi connectivity index (χ2n) is 5.79. The van der Waals surface area contributed by atoms with E-state index in [-0.39, 0.29) is 24.9 Å². The lowest BCUT2D eigenvalue weighted by Gasteiger charge is -2.27. The number of amides is 2. The fourth-order valence-electron chi connectivity index (χ4n) is 2.28. The van der Waals surface area contributed by atoms with Gasteiger partial charge in [-0.25, -0.2) is 0 Å². The van der Waals surface area contributed by atoms with Crippen LogP contribution in [0.2, 0.25) is 0 Å². The zero-order valence-electron chi connectivity index (χ0n) is 14.8. The van der Waals surface area contributed by atoms with Crippen molar-refractivity contribution < 1.29 is 29.3 Å². The van der Waals surface area contributed by atoms with Crippen LogP contribution < -0.4 is 11.1 Å². The molecule has 0 heterocycles. The Morgan fingerprint density at radius 1 is 1.27 bits per heavy atom. The third-order valence-corrected chi connectivity index (χ3v) is 3.66. The lowest BCUT2D eigenvalue weighted by Crippen LogP contribution is -2.52. The predicted molar refractivity (Wildman–Crippen MR) is 93.0 cm³/mol. The highest BCUT2D eigenvalue weighted by atomic mass is 16.5. The maximum atomic E-state index is 12.7. The molecule has 144 valence electrons. The first-order valence-corrected chi connectivity index (χ1v) is 8.11. The number of ether oxygens (including phenoxy) is 1. The summed E-state index contributed by atoms with van der Waals surface area (Å²) in [6.45, 7) is 1.95. The summed E-state index contributed by atoms with van der Waals surface area (Å²) >= 11 is 0. The molecular weight excluding hydrogens is 342 g/mol. The zero-order chi connectivity index (χ0) is 19.7. The molecule has 9 heteroatoms. The van der Waals surface area contributed by atoms with Gasteiger partial charge in [-0.3, -0.25) is 14.4 Å². The van der Waals surface area contributed by atoms with Crippen molar-refractivity contribution in [3.8, 4) is 5.75 Å². The van der Waals surface area contributed by atoms with E-state index in [9.17, 15) is 19.5 Å². The second-order valence-corrected chi connectivity index (χ2v) is 5.79. The summed E-state index contributed by atoms with van der Waals surface area (Å²) in [5, 5.41) is 20.5. The third kappa shape index (κ3) is 6.69. The quantitative estimate of drug-likeness (QED) is 0.427. The summed E-state index contributed by atoms with van der Waals surface area (Å²) in [7, 11) is 1.44. The van der Waals surface area contributed by atoms with Crippen LogP contribution in [0.1, 0.15) is 25.3 Å². The number of benzene rings is 1.